The Labute approximate surface area is 112 Å². The summed E-state index contributed by atoms with van der Waals surface area (Å²) in [5.74, 6) is 1.40. The van der Waals surface area contributed by atoms with Crippen LogP contribution in [-0.4, -0.2) is 23.7 Å². The first-order chi connectivity index (χ1) is 8.19. The number of carbonyl (C=O) groups is 1. The van der Waals surface area contributed by atoms with Crippen molar-refractivity contribution in [2.45, 2.75) is 78.5 Å². The third-order valence-corrected chi connectivity index (χ3v) is 3.84. The van der Waals surface area contributed by atoms with Gasteiger partial charge in [-0.2, -0.15) is 0 Å². The zero-order valence-electron chi connectivity index (χ0n) is 12.7. The van der Waals surface area contributed by atoms with Gasteiger partial charge in [-0.1, -0.05) is 13.8 Å². The molecule has 0 radical (unpaired) electrons. The van der Waals surface area contributed by atoms with E-state index >= 15 is 0 Å². The van der Waals surface area contributed by atoms with Crippen LogP contribution in [0.2, 0.25) is 0 Å². The molecule has 4 atom stereocenters. The SMILES string of the molecule is CC(NC1CCC(C)C(C)C1)C(=O)OC(C)(C)C. The topological polar surface area (TPSA) is 38.3 Å². The van der Waals surface area contributed by atoms with Crippen LogP contribution in [0, 0.1) is 11.8 Å². The number of carbonyl (C=O) groups excluding carboxylic acids is 1. The van der Waals surface area contributed by atoms with Gasteiger partial charge in [-0.15, -0.1) is 0 Å². The fourth-order valence-electron chi connectivity index (χ4n) is 2.51. The number of hydrogen-bond donors (Lipinski definition) is 1. The van der Waals surface area contributed by atoms with Crippen molar-refractivity contribution >= 4 is 5.97 Å². The van der Waals surface area contributed by atoms with Gasteiger partial charge in [-0.3, -0.25) is 4.79 Å². The maximum Gasteiger partial charge on any atom is 0.323 e. The van der Waals surface area contributed by atoms with Crippen molar-refractivity contribution < 1.29 is 9.53 Å². The Bertz CT molecular complexity index is 283. The highest BCUT2D eigenvalue weighted by Gasteiger charge is 2.28. The largest absolute Gasteiger partial charge is 0.459 e. The predicted octanol–water partition coefficient (Wildman–Crippen LogP) is 3.13. The lowest BCUT2D eigenvalue weighted by atomic mass is 9.79. The minimum atomic E-state index is -0.401. The van der Waals surface area contributed by atoms with Crippen molar-refractivity contribution in [3.63, 3.8) is 0 Å². The average molecular weight is 255 g/mol. The van der Waals surface area contributed by atoms with Crippen LogP contribution in [-0.2, 0) is 9.53 Å². The Morgan fingerprint density at radius 1 is 1.22 bits per heavy atom. The van der Waals surface area contributed by atoms with E-state index < -0.39 is 5.60 Å². The van der Waals surface area contributed by atoms with Gasteiger partial charge in [-0.25, -0.2) is 0 Å². The summed E-state index contributed by atoms with van der Waals surface area (Å²) in [5, 5.41) is 3.42. The highest BCUT2D eigenvalue weighted by molar-refractivity contribution is 5.75. The Hall–Kier alpha value is -0.570. The van der Waals surface area contributed by atoms with Crippen LogP contribution in [0.5, 0.6) is 0 Å². The zero-order chi connectivity index (χ0) is 13.9. The summed E-state index contributed by atoms with van der Waals surface area (Å²) in [7, 11) is 0. The summed E-state index contributed by atoms with van der Waals surface area (Å²) in [5.41, 5.74) is -0.401. The lowest BCUT2D eigenvalue weighted by Gasteiger charge is -2.34. The van der Waals surface area contributed by atoms with Crippen molar-refractivity contribution in [3.8, 4) is 0 Å². The minimum Gasteiger partial charge on any atom is -0.459 e. The van der Waals surface area contributed by atoms with Gasteiger partial charge >= 0.3 is 5.97 Å². The molecule has 0 spiro atoms. The van der Waals surface area contributed by atoms with Gasteiger partial charge in [0.1, 0.15) is 11.6 Å². The molecular weight excluding hydrogens is 226 g/mol. The molecule has 1 rings (SSSR count). The molecule has 0 saturated heterocycles. The molecule has 0 heterocycles. The van der Waals surface area contributed by atoms with Crippen LogP contribution >= 0.6 is 0 Å². The highest BCUT2D eigenvalue weighted by Crippen LogP contribution is 2.29. The first-order valence-corrected chi connectivity index (χ1v) is 7.18. The van der Waals surface area contributed by atoms with E-state index in [2.05, 4.69) is 19.2 Å². The molecule has 0 aliphatic heterocycles. The molecule has 3 nitrogen and oxygen atoms in total. The summed E-state index contributed by atoms with van der Waals surface area (Å²) in [4.78, 5) is 11.9. The number of esters is 1. The van der Waals surface area contributed by atoms with Crippen molar-refractivity contribution in [1.29, 1.82) is 0 Å². The number of hydrogen-bond acceptors (Lipinski definition) is 3. The second-order valence-electron chi connectivity index (χ2n) is 6.89. The molecule has 1 aliphatic rings. The van der Waals surface area contributed by atoms with Gasteiger partial charge in [0.05, 0.1) is 0 Å². The average Bonchev–Trinajstić information content (AvgIpc) is 2.21. The summed E-state index contributed by atoms with van der Waals surface area (Å²) in [6.07, 6.45) is 3.58. The van der Waals surface area contributed by atoms with Gasteiger partial charge in [0, 0.05) is 6.04 Å². The lowest BCUT2D eigenvalue weighted by Crippen LogP contribution is -2.46. The van der Waals surface area contributed by atoms with E-state index in [0.29, 0.717) is 6.04 Å². The minimum absolute atomic E-state index is 0.145. The van der Waals surface area contributed by atoms with E-state index in [1.165, 1.54) is 12.8 Å². The normalized spacial score (nSPS) is 30.9. The molecule has 0 aromatic carbocycles. The Morgan fingerprint density at radius 2 is 1.83 bits per heavy atom. The monoisotopic (exact) mass is 255 g/mol. The summed E-state index contributed by atoms with van der Waals surface area (Å²) in [6.45, 7) is 12.2. The molecule has 0 aromatic heterocycles. The molecule has 1 fully saturated rings. The van der Waals surface area contributed by atoms with E-state index in [0.717, 1.165) is 18.3 Å². The second kappa shape index (κ2) is 6.05. The quantitative estimate of drug-likeness (QED) is 0.787. The summed E-state index contributed by atoms with van der Waals surface area (Å²) in [6, 6.07) is 0.244. The molecule has 106 valence electrons. The van der Waals surface area contributed by atoms with E-state index in [-0.39, 0.29) is 12.0 Å². The predicted molar refractivity (Wildman–Crippen MR) is 74.4 cm³/mol. The second-order valence-corrected chi connectivity index (χ2v) is 6.89. The molecule has 1 aliphatic carbocycles. The van der Waals surface area contributed by atoms with Crippen molar-refractivity contribution in [2.75, 3.05) is 0 Å². The fraction of sp³-hybridized carbons (Fsp3) is 0.933. The highest BCUT2D eigenvalue weighted by atomic mass is 16.6. The third-order valence-electron chi connectivity index (χ3n) is 3.84. The summed E-state index contributed by atoms with van der Waals surface area (Å²) < 4.78 is 5.39. The molecule has 3 heteroatoms. The number of rotatable bonds is 3. The first-order valence-electron chi connectivity index (χ1n) is 7.18. The Balaban J connectivity index is 2.40. The van der Waals surface area contributed by atoms with Gasteiger partial charge in [0.2, 0.25) is 0 Å². The molecule has 0 aromatic rings. The van der Waals surface area contributed by atoms with Gasteiger partial charge in [0.25, 0.3) is 0 Å². The Morgan fingerprint density at radius 3 is 2.33 bits per heavy atom. The fourth-order valence-corrected chi connectivity index (χ4v) is 2.51. The lowest BCUT2D eigenvalue weighted by molar-refractivity contribution is -0.157. The standard InChI is InChI=1S/C15H29NO2/c1-10-7-8-13(9-11(10)2)16-12(3)14(17)18-15(4,5)6/h10-13,16H,7-9H2,1-6H3. The van der Waals surface area contributed by atoms with Gasteiger partial charge in [-0.05, 0) is 58.8 Å². The number of nitrogens with one attached hydrogen (secondary N) is 1. The molecule has 1 N–H and O–H groups in total. The zero-order valence-corrected chi connectivity index (χ0v) is 12.7. The molecule has 0 bridgehead atoms. The molecule has 1 saturated carbocycles. The molecule has 18 heavy (non-hydrogen) atoms. The third kappa shape index (κ3) is 4.97. The maximum atomic E-state index is 11.9. The van der Waals surface area contributed by atoms with Crippen LogP contribution in [0.15, 0.2) is 0 Å². The molecule has 4 unspecified atom stereocenters. The van der Waals surface area contributed by atoms with E-state index in [9.17, 15) is 4.79 Å². The van der Waals surface area contributed by atoms with Crippen molar-refractivity contribution in [2.24, 2.45) is 11.8 Å². The van der Waals surface area contributed by atoms with Crippen LogP contribution in [0.25, 0.3) is 0 Å². The maximum absolute atomic E-state index is 11.9. The first kappa shape index (κ1) is 15.5. The molecule has 0 amide bonds. The van der Waals surface area contributed by atoms with Crippen molar-refractivity contribution in [3.05, 3.63) is 0 Å². The summed E-state index contributed by atoms with van der Waals surface area (Å²) >= 11 is 0. The Kier molecular flexibility index (Phi) is 5.20. The number of ether oxygens (including phenoxy) is 1. The van der Waals surface area contributed by atoms with E-state index in [4.69, 9.17) is 4.74 Å². The van der Waals surface area contributed by atoms with Crippen LogP contribution < -0.4 is 5.32 Å². The van der Waals surface area contributed by atoms with Crippen LogP contribution in [0.4, 0.5) is 0 Å². The van der Waals surface area contributed by atoms with E-state index in [1.54, 1.807) is 0 Å². The smallest absolute Gasteiger partial charge is 0.323 e. The van der Waals surface area contributed by atoms with Crippen LogP contribution in [0.3, 0.4) is 0 Å². The van der Waals surface area contributed by atoms with Gasteiger partial charge < -0.3 is 10.1 Å². The van der Waals surface area contributed by atoms with E-state index in [1.807, 2.05) is 27.7 Å². The van der Waals surface area contributed by atoms with Crippen molar-refractivity contribution in [1.82, 2.24) is 5.32 Å². The molecular formula is C15H29NO2. The van der Waals surface area contributed by atoms with Gasteiger partial charge in [0.15, 0.2) is 0 Å². The van der Waals surface area contributed by atoms with Crippen LogP contribution in [0.1, 0.15) is 60.8 Å².